The van der Waals surface area contributed by atoms with Gasteiger partial charge in [0.15, 0.2) is 17.4 Å². The minimum absolute atomic E-state index is 0.00663. The minimum atomic E-state index is -1.05. The standard InChI is InChI=1S/C16H20F2N2O2/c1-19-10-12-3-2-8-20(12)16(22)7-6-15(21)11-4-5-13(17)14(18)9-11/h4-5,9,12,19H,2-3,6-8,10H2,1H3. The zero-order valence-corrected chi connectivity index (χ0v) is 12.6. The van der Waals surface area contributed by atoms with Crippen LogP contribution in [0.3, 0.4) is 0 Å². The number of hydrogen-bond acceptors (Lipinski definition) is 3. The molecule has 1 N–H and O–H groups in total. The molecule has 0 radical (unpaired) electrons. The first-order valence-electron chi connectivity index (χ1n) is 7.45. The van der Waals surface area contributed by atoms with Crippen LogP contribution in [0, 0.1) is 11.6 Å². The number of halogens is 2. The number of nitrogens with one attached hydrogen (secondary N) is 1. The highest BCUT2D eigenvalue weighted by Gasteiger charge is 2.28. The molecule has 22 heavy (non-hydrogen) atoms. The van der Waals surface area contributed by atoms with Gasteiger partial charge in [0.05, 0.1) is 0 Å². The molecule has 1 aromatic rings. The van der Waals surface area contributed by atoms with Gasteiger partial charge >= 0.3 is 0 Å². The second-order valence-electron chi connectivity index (χ2n) is 5.49. The smallest absolute Gasteiger partial charge is 0.223 e. The van der Waals surface area contributed by atoms with Crippen LogP contribution in [0.4, 0.5) is 8.78 Å². The van der Waals surface area contributed by atoms with Crippen LogP contribution >= 0.6 is 0 Å². The van der Waals surface area contributed by atoms with Gasteiger partial charge in [-0.15, -0.1) is 0 Å². The average molecular weight is 310 g/mol. The van der Waals surface area contributed by atoms with Crippen molar-refractivity contribution in [3.05, 3.63) is 35.4 Å². The van der Waals surface area contributed by atoms with E-state index in [0.717, 1.165) is 31.5 Å². The molecular weight excluding hydrogens is 290 g/mol. The summed E-state index contributed by atoms with van der Waals surface area (Å²) < 4.78 is 26.0. The summed E-state index contributed by atoms with van der Waals surface area (Å²) >= 11 is 0. The van der Waals surface area contributed by atoms with Gasteiger partial charge in [-0.3, -0.25) is 9.59 Å². The van der Waals surface area contributed by atoms with Gasteiger partial charge in [0.25, 0.3) is 0 Å². The Morgan fingerprint density at radius 3 is 2.73 bits per heavy atom. The zero-order valence-electron chi connectivity index (χ0n) is 12.6. The predicted octanol–water partition coefficient (Wildman–Crippen LogP) is 2.14. The fourth-order valence-corrected chi connectivity index (χ4v) is 2.79. The SMILES string of the molecule is CNCC1CCCN1C(=O)CCC(=O)c1ccc(F)c(F)c1. The lowest BCUT2D eigenvalue weighted by atomic mass is 10.1. The van der Waals surface area contributed by atoms with Crippen LogP contribution in [0.25, 0.3) is 0 Å². The van der Waals surface area contributed by atoms with Crippen molar-refractivity contribution in [3.8, 4) is 0 Å². The van der Waals surface area contributed by atoms with E-state index in [2.05, 4.69) is 5.32 Å². The van der Waals surface area contributed by atoms with E-state index >= 15 is 0 Å². The summed E-state index contributed by atoms with van der Waals surface area (Å²) in [6, 6.07) is 3.22. The summed E-state index contributed by atoms with van der Waals surface area (Å²) in [5.41, 5.74) is 0.0971. The van der Waals surface area contributed by atoms with Gasteiger partial charge in [-0.2, -0.15) is 0 Å². The summed E-state index contributed by atoms with van der Waals surface area (Å²) in [6.45, 7) is 1.45. The second-order valence-corrected chi connectivity index (χ2v) is 5.49. The van der Waals surface area contributed by atoms with Crippen LogP contribution in [0.1, 0.15) is 36.0 Å². The molecule has 1 fully saturated rings. The van der Waals surface area contributed by atoms with Crippen molar-refractivity contribution in [2.45, 2.75) is 31.7 Å². The number of amides is 1. The third kappa shape index (κ3) is 3.88. The van der Waals surface area contributed by atoms with E-state index in [9.17, 15) is 18.4 Å². The molecule has 6 heteroatoms. The Balaban J connectivity index is 1.90. The lowest BCUT2D eigenvalue weighted by Gasteiger charge is -2.24. The largest absolute Gasteiger partial charge is 0.338 e. The lowest BCUT2D eigenvalue weighted by molar-refractivity contribution is -0.131. The van der Waals surface area contributed by atoms with E-state index in [1.54, 1.807) is 4.90 Å². The Labute approximate surface area is 128 Å². The number of hydrogen-bond donors (Lipinski definition) is 1. The second kappa shape index (κ2) is 7.45. The third-order valence-corrected chi connectivity index (χ3v) is 3.94. The normalized spacial score (nSPS) is 17.8. The molecule has 0 aliphatic carbocycles. The molecule has 0 bridgehead atoms. The maximum Gasteiger partial charge on any atom is 0.223 e. The van der Waals surface area contributed by atoms with Crippen LogP contribution in [-0.4, -0.2) is 42.8 Å². The van der Waals surface area contributed by atoms with Crippen molar-refractivity contribution in [3.63, 3.8) is 0 Å². The minimum Gasteiger partial charge on any atom is -0.338 e. The van der Waals surface area contributed by atoms with Crippen LogP contribution in [0.5, 0.6) is 0 Å². The Kier molecular flexibility index (Phi) is 5.60. The van der Waals surface area contributed by atoms with Gasteiger partial charge in [-0.05, 0) is 38.1 Å². The monoisotopic (exact) mass is 310 g/mol. The highest BCUT2D eigenvalue weighted by molar-refractivity contribution is 5.98. The molecule has 1 aromatic carbocycles. The molecule has 1 amide bonds. The third-order valence-electron chi connectivity index (χ3n) is 3.94. The zero-order chi connectivity index (χ0) is 16.1. The highest BCUT2D eigenvalue weighted by Crippen LogP contribution is 2.19. The molecular formula is C16H20F2N2O2. The Morgan fingerprint density at radius 1 is 1.27 bits per heavy atom. The van der Waals surface area contributed by atoms with E-state index in [1.807, 2.05) is 7.05 Å². The summed E-state index contributed by atoms with van der Waals surface area (Å²) in [5, 5.41) is 3.06. The number of likely N-dealkylation sites (N-methyl/N-ethyl adjacent to an activating group) is 1. The molecule has 1 aliphatic rings. The van der Waals surface area contributed by atoms with Gasteiger partial charge < -0.3 is 10.2 Å². The topological polar surface area (TPSA) is 49.4 Å². The van der Waals surface area contributed by atoms with E-state index in [1.165, 1.54) is 6.07 Å². The number of likely N-dealkylation sites (tertiary alicyclic amines) is 1. The van der Waals surface area contributed by atoms with Crippen molar-refractivity contribution in [2.24, 2.45) is 0 Å². The van der Waals surface area contributed by atoms with Gasteiger partial charge in [-0.1, -0.05) is 0 Å². The molecule has 120 valence electrons. The van der Waals surface area contributed by atoms with E-state index < -0.39 is 11.6 Å². The van der Waals surface area contributed by atoms with Gasteiger partial charge in [0.2, 0.25) is 5.91 Å². The lowest BCUT2D eigenvalue weighted by Crippen LogP contribution is -2.40. The highest BCUT2D eigenvalue weighted by atomic mass is 19.2. The summed E-state index contributed by atoms with van der Waals surface area (Å²) in [6.07, 6.45) is 2.03. The molecule has 4 nitrogen and oxygen atoms in total. The molecule has 0 saturated carbocycles. The van der Waals surface area contributed by atoms with E-state index in [0.29, 0.717) is 6.54 Å². The number of Topliss-reactive ketones (excluding diaryl/α,β-unsaturated/α-hetero) is 1. The summed E-state index contributed by atoms with van der Waals surface area (Å²) in [4.78, 5) is 26.0. The summed E-state index contributed by atoms with van der Waals surface area (Å²) in [5.74, 6) is -2.45. The maximum absolute atomic E-state index is 13.1. The van der Waals surface area contributed by atoms with Crippen LogP contribution in [0.15, 0.2) is 18.2 Å². The van der Waals surface area contributed by atoms with Crippen molar-refractivity contribution in [1.29, 1.82) is 0 Å². The van der Waals surface area contributed by atoms with Crippen molar-refractivity contribution in [2.75, 3.05) is 20.1 Å². The van der Waals surface area contributed by atoms with Crippen LogP contribution < -0.4 is 5.32 Å². The summed E-state index contributed by atoms with van der Waals surface area (Å²) in [7, 11) is 1.84. The van der Waals surface area contributed by atoms with Gasteiger partial charge in [0.1, 0.15) is 0 Å². The molecule has 0 aromatic heterocycles. The number of benzene rings is 1. The van der Waals surface area contributed by atoms with Crippen molar-refractivity contribution in [1.82, 2.24) is 10.2 Å². The van der Waals surface area contributed by atoms with Crippen LogP contribution in [0.2, 0.25) is 0 Å². The first-order chi connectivity index (χ1) is 10.5. The van der Waals surface area contributed by atoms with Gasteiger partial charge in [-0.25, -0.2) is 8.78 Å². The molecule has 0 spiro atoms. The number of ketones is 1. The van der Waals surface area contributed by atoms with E-state index in [-0.39, 0.29) is 36.1 Å². The molecule has 1 saturated heterocycles. The number of carbonyl (C=O) groups excluding carboxylic acids is 2. The predicted molar refractivity (Wildman–Crippen MR) is 78.6 cm³/mol. The Hall–Kier alpha value is -1.82. The quantitative estimate of drug-likeness (QED) is 0.819. The van der Waals surface area contributed by atoms with Crippen molar-refractivity contribution >= 4 is 11.7 Å². The Morgan fingerprint density at radius 2 is 2.05 bits per heavy atom. The number of carbonyl (C=O) groups is 2. The first-order valence-corrected chi connectivity index (χ1v) is 7.45. The molecule has 2 rings (SSSR count). The molecule has 1 unspecified atom stereocenters. The first kappa shape index (κ1) is 16.5. The number of rotatable bonds is 6. The van der Waals surface area contributed by atoms with Gasteiger partial charge in [0, 0.05) is 37.5 Å². The van der Waals surface area contributed by atoms with E-state index in [4.69, 9.17) is 0 Å². The average Bonchev–Trinajstić information content (AvgIpc) is 2.96. The fourth-order valence-electron chi connectivity index (χ4n) is 2.79. The molecule has 1 heterocycles. The Bertz CT molecular complexity index is 563. The fraction of sp³-hybridized carbons (Fsp3) is 0.500. The molecule has 1 atom stereocenters. The maximum atomic E-state index is 13.1. The van der Waals surface area contributed by atoms with Crippen LogP contribution in [-0.2, 0) is 4.79 Å². The molecule has 1 aliphatic heterocycles. The van der Waals surface area contributed by atoms with Crippen molar-refractivity contribution < 1.29 is 18.4 Å². The number of nitrogens with zero attached hydrogens (tertiary/aromatic N) is 1.